The van der Waals surface area contributed by atoms with Gasteiger partial charge in [0.2, 0.25) is 0 Å². The summed E-state index contributed by atoms with van der Waals surface area (Å²) in [6.07, 6.45) is 3.35. The lowest BCUT2D eigenvalue weighted by Gasteiger charge is -2.16. The predicted octanol–water partition coefficient (Wildman–Crippen LogP) is 3.83. The van der Waals surface area contributed by atoms with E-state index in [1.54, 1.807) is 37.1 Å². The van der Waals surface area contributed by atoms with Gasteiger partial charge in [0.15, 0.2) is 0 Å². The van der Waals surface area contributed by atoms with Crippen molar-refractivity contribution in [1.82, 2.24) is 14.5 Å². The molecule has 3 rings (SSSR count). The van der Waals surface area contributed by atoms with Crippen LogP contribution in [-0.4, -0.2) is 34.0 Å². The molecule has 0 radical (unpaired) electrons. The molecule has 0 unspecified atom stereocenters. The number of halogens is 1. The number of benzene rings is 1. The van der Waals surface area contributed by atoms with E-state index in [-0.39, 0.29) is 23.8 Å². The summed E-state index contributed by atoms with van der Waals surface area (Å²) in [7, 11) is 1.77. The van der Waals surface area contributed by atoms with Crippen LogP contribution in [0, 0.1) is 12.7 Å². The van der Waals surface area contributed by atoms with Crippen molar-refractivity contribution >= 4 is 27.5 Å². The lowest BCUT2D eigenvalue weighted by Crippen LogP contribution is -2.27. The number of amides is 1. The number of hydrogen-bond acceptors (Lipinski definition) is 4. The summed E-state index contributed by atoms with van der Waals surface area (Å²) < 4.78 is 15.3. The van der Waals surface area contributed by atoms with E-state index in [0.29, 0.717) is 32.8 Å². The third-order valence-corrected chi connectivity index (χ3v) is 5.79. The Labute approximate surface area is 161 Å². The van der Waals surface area contributed by atoms with Crippen molar-refractivity contribution in [3.8, 4) is 0 Å². The van der Waals surface area contributed by atoms with E-state index in [9.17, 15) is 14.0 Å². The van der Waals surface area contributed by atoms with Gasteiger partial charge < -0.3 is 4.90 Å². The number of aryl methyl sites for hydroxylation is 1. The van der Waals surface area contributed by atoms with Gasteiger partial charge in [0.25, 0.3) is 11.5 Å². The van der Waals surface area contributed by atoms with Gasteiger partial charge in [0.1, 0.15) is 10.6 Å². The molecule has 0 bridgehead atoms. The molecule has 0 atom stereocenters. The molecule has 1 aromatic carbocycles. The Kier molecular flexibility index (Phi) is 5.70. The highest BCUT2D eigenvalue weighted by Gasteiger charge is 2.22. The lowest BCUT2D eigenvalue weighted by atomic mass is 10.2. The third-order valence-electron chi connectivity index (χ3n) is 4.60. The van der Waals surface area contributed by atoms with E-state index < -0.39 is 0 Å². The van der Waals surface area contributed by atoms with Gasteiger partial charge in [0, 0.05) is 19.2 Å². The first-order valence-corrected chi connectivity index (χ1v) is 9.73. The maximum Gasteiger partial charge on any atom is 0.264 e. The quantitative estimate of drug-likeness (QED) is 0.646. The van der Waals surface area contributed by atoms with E-state index in [1.165, 1.54) is 28.3 Å². The second-order valence-electron chi connectivity index (χ2n) is 6.59. The number of carbonyl (C=O) groups is 1. The van der Waals surface area contributed by atoms with Crippen LogP contribution in [-0.2, 0) is 6.54 Å². The summed E-state index contributed by atoms with van der Waals surface area (Å²) in [5.74, 6) is -0.455. The SMILES string of the molecule is CCCCN(C)C(=O)c1sc2ncn(Cc3ccccc3F)c(=O)c2c1C. The molecule has 0 aliphatic carbocycles. The number of hydrogen-bond donors (Lipinski definition) is 0. The van der Waals surface area contributed by atoms with Crippen LogP contribution < -0.4 is 5.56 Å². The number of unbranched alkanes of at least 4 members (excludes halogenated alkanes) is 1. The fourth-order valence-corrected chi connectivity index (χ4v) is 4.09. The Balaban J connectivity index is 1.99. The van der Waals surface area contributed by atoms with Crippen molar-refractivity contribution in [3.05, 3.63) is 62.8 Å². The van der Waals surface area contributed by atoms with E-state index >= 15 is 0 Å². The molecular weight excluding hydrogens is 365 g/mol. The molecule has 7 heteroatoms. The number of rotatable bonds is 6. The van der Waals surface area contributed by atoms with Gasteiger partial charge in [-0.05, 0) is 25.0 Å². The Morgan fingerprint density at radius 3 is 2.78 bits per heavy atom. The second-order valence-corrected chi connectivity index (χ2v) is 7.58. The van der Waals surface area contributed by atoms with Crippen molar-refractivity contribution in [2.24, 2.45) is 0 Å². The van der Waals surface area contributed by atoms with E-state index in [4.69, 9.17) is 0 Å². The molecule has 27 heavy (non-hydrogen) atoms. The highest BCUT2D eigenvalue weighted by molar-refractivity contribution is 7.20. The van der Waals surface area contributed by atoms with Crippen molar-refractivity contribution in [2.75, 3.05) is 13.6 Å². The maximum atomic E-state index is 13.9. The summed E-state index contributed by atoms with van der Waals surface area (Å²) in [6, 6.07) is 6.35. The Bertz CT molecular complexity index is 1040. The predicted molar refractivity (Wildman–Crippen MR) is 106 cm³/mol. The fourth-order valence-electron chi connectivity index (χ4n) is 2.96. The lowest BCUT2D eigenvalue weighted by molar-refractivity contribution is 0.0797. The van der Waals surface area contributed by atoms with Crippen molar-refractivity contribution in [3.63, 3.8) is 0 Å². The van der Waals surface area contributed by atoms with Crippen LogP contribution in [0.5, 0.6) is 0 Å². The first-order chi connectivity index (χ1) is 12.9. The fraction of sp³-hybridized carbons (Fsp3) is 0.350. The van der Waals surface area contributed by atoms with Crippen LogP contribution in [0.2, 0.25) is 0 Å². The number of carbonyl (C=O) groups excluding carboxylic acids is 1. The smallest absolute Gasteiger partial charge is 0.264 e. The van der Waals surface area contributed by atoms with Gasteiger partial charge in [0.05, 0.1) is 23.1 Å². The van der Waals surface area contributed by atoms with E-state index in [0.717, 1.165) is 12.8 Å². The molecule has 142 valence electrons. The van der Waals surface area contributed by atoms with Gasteiger partial charge in [-0.25, -0.2) is 9.37 Å². The zero-order valence-corrected chi connectivity index (χ0v) is 16.5. The highest BCUT2D eigenvalue weighted by atomic mass is 32.1. The van der Waals surface area contributed by atoms with Crippen LogP contribution in [0.25, 0.3) is 10.2 Å². The minimum Gasteiger partial charge on any atom is -0.341 e. The monoisotopic (exact) mass is 387 g/mol. The molecule has 2 aromatic heterocycles. The molecule has 1 amide bonds. The van der Waals surface area contributed by atoms with Crippen molar-refractivity contribution in [1.29, 1.82) is 0 Å². The molecule has 0 aliphatic rings. The van der Waals surface area contributed by atoms with E-state index in [2.05, 4.69) is 11.9 Å². The Morgan fingerprint density at radius 1 is 1.33 bits per heavy atom. The Morgan fingerprint density at radius 2 is 2.07 bits per heavy atom. The number of thiophene rings is 1. The highest BCUT2D eigenvalue weighted by Crippen LogP contribution is 2.28. The summed E-state index contributed by atoms with van der Waals surface area (Å²) in [6.45, 7) is 4.62. The molecule has 0 N–H and O–H groups in total. The summed E-state index contributed by atoms with van der Waals surface area (Å²) in [4.78, 5) is 32.7. The van der Waals surface area contributed by atoms with Gasteiger partial charge in [-0.1, -0.05) is 31.5 Å². The summed E-state index contributed by atoms with van der Waals surface area (Å²) in [5, 5.41) is 0.436. The zero-order valence-electron chi connectivity index (χ0n) is 15.7. The normalized spacial score (nSPS) is 11.1. The first-order valence-electron chi connectivity index (χ1n) is 8.91. The molecular formula is C20H22FN3O2S. The molecule has 0 aliphatic heterocycles. The van der Waals surface area contributed by atoms with Crippen LogP contribution in [0.4, 0.5) is 4.39 Å². The van der Waals surface area contributed by atoms with Gasteiger partial charge >= 0.3 is 0 Å². The number of aromatic nitrogens is 2. The van der Waals surface area contributed by atoms with Crippen LogP contribution >= 0.6 is 11.3 Å². The maximum absolute atomic E-state index is 13.9. The molecule has 5 nitrogen and oxygen atoms in total. The van der Waals surface area contributed by atoms with E-state index in [1.807, 2.05) is 0 Å². The minimum absolute atomic E-state index is 0.0935. The van der Waals surface area contributed by atoms with Gasteiger partial charge in [-0.15, -0.1) is 11.3 Å². The van der Waals surface area contributed by atoms with Crippen molar-refractivity contribution in [2.45, 2.75) is 33.2 Å². The topological polar surface area (TPSA) is 55.2 Å². The average molecular weight is 387 g/mol. The van der Waals surface area contributed by atoms with Gasteiger partial charge in [-0.2, -0.15) is 0 Å². The standard InChI is InChI=1S/C20H22FN3O2S/c1-4-5-10-23(3)20(26)17-13(2)16-18(27-17)22-12-24(19(16)25)11-14-8-6-7-9-15(14)21/h6-9,12H,4-5,10-11H2,1-3H3. The zero-order chi connectivity index (χ0) is 19.6. The minimum atomic E-state index is -0.361. The Hall–Kier alpha value is -2.54. The number of fused-ring (bicyclic) bond motifs is 1. The molecule has 3 aromatic rings. The molecule has 0 saturated heterocycles. The van der Waals surface area contributed by atoms with Crippen molar-refractivity contribution < 1.29 is 9.18 Å². The van der Waals surface area contributed by atoms with Crippen LogP contribution in [0.3, 0.4) is 0 Å². The van der Waals surface area contributed by atoms with Crippen LogP contribution in [0.15, 0.2) is 35.4 Å². The largest absolute Gasteiger partial charge is 0.341 e. The molecule has 0 saturated carbocycles. The molecule has 2 heterocycles. The first kappa shape index (κ1) is 19.2. The second kappa shape index (κ2) is 8.00. The molecule has 0 spiro atoms. The average Bonchev–Trinajstić information content (AvgIpc) is 3.00. The number of nitrogens with zero attached hydrogens (tertiary/aromatic N) is 3. The van der Waals surface area contributed by atoms with Gasteiger partial charge in [-0.3, -0.25) is 14.2 Å². The van der Waals surface area contributed by atoms with Crippen LogP contribution in [0.1, 0.15) is 40.6 Å². The summed E-state index contributed by atoms with van der Waals surface area (Å²) >= 11 is 1.24. The molecule has 0 fully saturated rings. The third kappa shape index (κ3) is 3.78. The summed E-state index contributed by atoms with van der Waals surface area (Å²) in [5.41, 5.74) is 0.806.